The van der Waals surface area contributed by atoms with E-state index in [4.69, 9.17) is 4.42 Å². The van der Waals surface area contributed by atoms with Crippen LogP contribution in [-0.2, 0) is 13.0 Å². The van der Waals surface area contributed by atoms with Crippen molar-refractivity contribution in [3.63, 3.8) is 0 Å². The SMILES string of the molecule is Cc1c(C(=O)N(C)Cc2ccccc2)oc2c1/C(=N/NC(=O)c1ccc(F)cc1)CCC2. The lowest BCUT2D eigenvalue weighted by atomic mass is 9.93. The minimum atomic E-state index is -0.426. The molecule has 0 fully saturated rings. The van der Waals surface area contributed by atoms with Gasteiger partial charge in [-0.25, -0.2) is 9.82 Å². The fourth-order valence-electron chi connectivity index (χ4n) is 3.87. The summed E-state index contributed by atoms with van der Waals surface area (Å²) < 4.78 is 19.0. The number of hydrazone groups is 1. The van der Waals surface area contributed by atoms with Crippen LogP contribution in [0.15, 0.2) is 64.1 Å². The quantitative estimate of drug-likeness (QED) is 0.604. The summed E-state index contributed by atoms with van der Waals surface area (Å²) in [6, 6.07) is 15.0. The Morgan fingerprint density at radius 1 is 1.09 bits per heavy atom. The number of aryl methyl sites for hydroxylation is 1. The van der Waals surface area contributed by atoms with Crippen molar-refractivity contribution in [3.05, 3.63) is 94.2 Å². The molecule has 0 spiro atoms. The molecule has 2 amide bonds. The van der Waals surface area contributed by atoms with Gasteiger partial charge >= 0.3 is 0 Å². The first kappa shape index (κ1) is 21.5. The average molecular weight is 433 g/mol. The highest BCUT2D eigenvalue weighted by atomic mass is 19.1. The maximum atomic E-state index is 13.1. The molecule has 3 aromatic rings. The molecule has 7 heteroatoms. The molecule has 4 rings (SSSR count). The summed E-state index contributed by atoms with van der Waals surface area (Å²) in [4.78, 5) is 27.0. The zero-order valence-corrected chi connectivity index (χ0v) is 18.0. The molecule has 0 unspecified atom stereocenters. The van der Waals surface area contributed by atoms with Crippen LogP contribution < -0.4 is 5.43 Å². The summed E-state index contributed by atoms with van der Waals surface area (Å²) in [6.07, 6.45) is 2.17. The summed E-state index contributed by atoms with van der Waals surface area (Å²) in [5, 5.41) is 4.31. The second-order valence-corrected chi connectivity index (χ2v) is 7.86. The summed E-state index contributed by atoms with van der Waals surface area (Å²) in [5.74, 6) is -0.0266. The van der Waals surface area contributed by atoms with E-state index in [0.717, 1.165) is 23.1 Å². The molecule has 0 saturated carbocycles. The topological polar surface area (TPSA) is 74.9 Å². The van der Waals surface area contributed by atoms with E-state index in [2.05, 4.69) is 10.5 Å². The number of fused-ring (bicyclic) bond motifs is 1. The van der Waals surface area contributed by atoms with Gasteiger partial charge in [0.2, 0.25) is 0 Å². The molecule has 1 aromatic heterocycles. The molecule has 32 heavy (non-hydrogen) atoms. The van der Waals surface area contributed by atoms with Gasteiger partial charge in [0, 0.05) is 36.7 Å². The van der Waals surface area contributed by atoms with Crippen LogP contribution in [0.1, 0.15) is 56.2 Å². The molecular weight excluding hydrogens is 409 g/mol. The van der Waals surface area contributed by atoms with Crippen LogP contribution >= 0.6 is 0 Å². The molecule has 1 N–H and O–H groups in total. The van der Waals surface area contributed by atoms with Crippen molar-refractivity contribution in [1.82, 2.24) is 10.3 Å². The van der Waals surface area contributed by atoms with Crippen LogP contribution in [0.25, 0.3) is 0 Å². The number of halogens is 1. The molecule has 0 aliphatic heterocycles. The molecule has 2 aromatic carbocycles. The van der Waals surface area contributed by atoms with Crippen LogP contribution in [0.3, 0.4) is 0 Å². The van der Waals surface area contributed by atoms with Gasteiger partial charge in [-0.15, -0.1) is 0 Å². The average Bonchev–Trinajstić information content (AvgIpc) is 3.15. The van der Waals surface area contributed by atoms with Crippen molar-refractivity contribution in [2.24, 2.45) is 5.10 Å². The Morgan fingerprint density at radius 3 is 2.53 bits per heavy atom. The van der Waals surface area contributed by atoms with Crippen LogP contribution in [-0.4, -0.2) is 29.5 Å². The van der Waals surface area contributed by atoms with Crippen molar-refractivity contribution < 1.29 is 18.4 Å². The van der Waals surface area contributed by atoms with Crippen LogP contribution in [0.2, 0.25) is 0 Å². The summed E-state index contributed by atoms with van der Waals surface area (Å²) in [7, 11) is 1.74. The summed E-state index contributed by atoms with van der Waals surface area (Å²) in [6.45, 7) is 2.31. The predicted molar refractivity (Wildman–Crippen MR) is 119 cm³/mol. The molecular formula is C25H24FN3O3. The lowest BCUT2D eigenvalue weighted by Gasteiger charge is -2.16. The molecule has 0 saturated heterocycles. The van der Waals surface area contributed by atoms with Gasteiger partial charge in [-0.1, -0.05) is 30.3 Å². The second-order valence-electron chi connectivity index (χ2n) is 7.86. The van der Waals surface area contributed by atoms with Gasteiger partial charge in [-0.05, 0) is 49.6 Å². The lowest BCUT2D eigenvalue weighted by molar-refractivity contribution is 0.0750. The first-order chi connectivity index (χ1) is 15.4. The third-order valence-corrected chi connectivity index (χ3v) is 5.53. The zero-order chi connectivity index (χ0) is 22.7. The van der Waals surface area contributed by atoms with E-state index in [-0.39, 0.29) is 5.91 Å². The predicted octanol–water partition coefficient (Wildman–Crippen LogP) is 4.47. The summed E-state index contributed by atoms with van der Waals surface area (Å²) >= 11 is 0. The first-order valence-corrected chi connectivity index (χ1v) is 10.5. The Morgan fingerprint density at radius 2 is 1.81 bits per heavy atom. The van der Waals surface area contributed by atoms with Gasteiger partial charge in [-0.3, -0.25) is 9.59 Å². The molecule has 1 heterocycles. The molecule has 0 bridgehead atoms. The Balaban J connectivity index is 1.54. The van der Waals surface area contributed by atoms with Gasteiger partial charge in [0.05, 0.1) is 5.71 Å². The highest BCUT2D eigenvalue weighted by Crippen LogP contribution is 2.30. The van der Waals surface area contributed by atoms with Gasteiger partial charge in [0.15, 0.2) is 5.76 Å². The standard InChI is InChI=1S/C25H24FN3O3/c1-16-22-20(27-28-24(30)18-11-13-19(26)14-12-18)9-6-10-21(22)32-23(16)25(31)29(2)15-17-7-4-3-5-8-17/h3-5,7-8,11-14H,6,9-10,15H2,1-2H3,(H,28,30)/b27-20+. The lowest BCUT2D eigenvalue weighted by Crippen LogP contribution is -2.26. The number of furan rings is 1. The number of nitrogens with one attached hydrogen (secondary N) is 1. The van der Waals surface area contributed by atoms with Gasteiger partial charge in [0.25, 0.3) is 11.8 Å². The molecule has 0 radical (unpaired) electrons. The molecule has 0 atom stereocenters. The zero-order valence-electron chi connectivity index (χ0n) is 18.0. The number of nitrogens with zero attached hydrogens (tertiary/aromatic N) is 2. The number of amides is 2. The van der Waals surface area contributed by atoms with Crippen LogP contribution in [0.5, 0.6) is 0 Å². The highest BCUT2D eigenvalue weighted by molar-refractivity contribution is 6.07. The smallest absolute Gasteiger partial charge is 0.289 e. The van der Waals surface area contributed by atoms with E-state index >= 15 is 0 Å². The minimum Gasteiger partial charge on any atom is -0.455 e. The van der Waals surface area contributed by atoms with E-state index in [9.17, 15) is 14.0 Å². The fraction of sp³-hybridized carbons (Fsp3) is 0.240. The number of carbonyl (C=O) groups excluding carboxylic acids is 2. The fourth-order valence-corrected chi connectivity index (χ4v) is 3.87. The third-order valence-electron chi connectivity index (χ3n) is 5.53. The van der Waals surface area contributed by atoms with Crippen molar-refractivity contribution in [1.29, 1.82) is 0 Å². The van der Waals surface area contributed by atoms with E-state index in [1.54, 1.807) is 11.9 Å². The summed E-state index contributed by atoms with van der Waals surface area (Å²) in [5.41, 5.74) is 6.06. The van der Waals surface area contributed by atoms with E-state index in [0.29, 0.717) is 42.2 Å². The minimum absolute atomic E-state index is 0.199. The first-order valence-electron chi connectivity index (χ1n) is 10.5. The maximum Gasteiger partial charge on any atom is 0.289 e. The van der Waals surface area contributed by atoms with Crippen molar-refractivity contribution in [2.75, 3.05) is 7.05 Å². The number of hydrogen-bond donors (Lipinski definition) is 1. The van der Waals surface area contributed by atoms with E-state index in [1.165, 1.54) is 24.3 Å². The Labute approximate surface area is 185 Å². The monoisotopic (exact) mass is 433 g/mol. The van der Waals surface area contributed by atoms with Crippen LogP contribution in [0.4, 0.5) is 4.39 Å². The van der Waals surface area contributed by atoms with Crippen molar-refractivity contribution >= 4 is 17.5 Å². The van der Waals surface area contributed by atoms with Gasteiger partial charge < -0.3 is 9.32 Å². The Bertz CT molecular complexity index is 1170. The normalized spacial score (nSPS) is 14.2. The number of carbonyl (C=O) groups is 2. The van der Waals surface area contributed by atoms with Crippen molar-refractivity contribution in [3.8, 4) is 0 Å². The number of rotatable bonds is 5. The second kappa shape index (κ2) is 9.18. The Hall–Kier alpha value is -3.74. The highest BCUT2D eigenvalue weighted by Gasteiger charge is 2.29. The third kappa shape index (κ3) is 4.46. The maximum absolute atomic E-state index is 13.1. The molecule has 164 valence electrons. The number of hydrogen-bond acceptors (Lipinski definition) is 4. The van der Waals surface area contributed by atoms with Crippen LogP contribution in [0, 0.1) is 12.7 Å². The molecule has 1 aliphatic rings. The molecule has 6 nitrogen and oxygen atoms in total. The van der Waals surface area contributed by atoms with Gasteiger partial charge in [-0.2, -0.15) is 5.10 Å². The van der Waals surface area contributed by atoms with Gasteiger partial charge in [0.1, 0.15) is 11.6 Å². The van der Waals surface area contributed by atoms with Crippen molar-refractivity contribution in [2.45, 2.75) is 32.7 Å². The Kier molecular flexibility index (Phi) is 6.16. The number of benzene rings is 2. The largest absolute Gasteiger partial charge is 0.455 e. The molecule has 1 aliphatic carbocycles. The van der Waals surface area contributed by atoms with E-state index in [1.807, 2.05) is 37.3 Å². The van der Waals surface area contributed by atoms with E-state index < -0.39 is 11.7 Å².